The van der Waals surface area contributed by atoms with Gasteiger partial charge in [-0.05, 0) is 32.0 Å². The summed E-state index contributed by atoms with van der Waals surface area (Å²) in [7, 11) is 0. The van der Waals surface area contributed by atoms with Gasteiger partial charge in [0, 0.05) is 42.2 Å². The third kappa shape index (κ3) is 4.49. The molecule has 24 heavy (non-hydrogen) atoms. The predicted molar refractivity (Wildman–Crippen MR) is 98.7 cm³/mol. The molecule has 1 saturated heterocycles. The molecule has 1 amide bonds. The summed E-state index contributed by atoms with van der Waals surface area (Å²) >= 11 is 1.69. The highest BCUT2D eigenvalue weighted by molar-refractivity contribution is 7.99. The summed E-state index contributed by atoms with van der Waals surface area (Å²) < 4.78 is 11.1. The SMILES string of the molecule is CC1NCCN(C(=O)CCSc2ccc3c(c2)OCCO3)C1C.Cl. The zero-order chi connectivity index (χ0) is 16.2. The van der Waals surface area contributed by atoms with Crippen LogP contribution in [0.25, 0.3) is 0 Å². The molecule has 2 aliphatic rings. The van der Waals surface area contributed by atoms with Gasteiger partial charge in [-0.3, -0.25) is 4.79 Å². The first-order chi connectivity index (χ1) is 11.1. The molecule has 2 unspecified atom stereocenters. The van der Waals surface area contributed by atoms with Crippen LogP contribution in [0.1, 0.15) is 20.3 Å². The van der Waals surface area contributed by atoms with Crippen LogP contribution in [0, 0.1) is 0 Å². The van der Waals surface area contributed by atoms with E-state index in [1.165, 1.54) is 0 Å². The molecule has 2 aliphatic heterocycles. The van der Waals surface area contributed by atoms with Crippen molar-refractivity contribution < 1.29 is 14.3 Å². The lowest BCUT2D eigenvalue weighted by atomic mass is 10.1. The van der Waals surface area contributed by atoms with Crippen molar-refractivity contribution in [1.82, 2.24) is 10.2 Å². The van der Waals surface area contributed by atoms with Crippen molar-refractivity contribution in [2.45, 2.75) is 37.2 Å². The molecular weight excluding hydrogens is 348 g/mol. The van der Waals surface area contributed by atoms with E-state index in [9.17, 15) is 4.79 Å². The number of nitrogens with one attached hydrogen (secondary N) is 1. The molecule has 5 nitrogen and oxygen atoms in total. The van der Waals surface area contributed by atoms with E-state index in [0.717, 1.165) is 35.2 Å². The third-order valence-corrected chi connectivity index (χ3v) is 5.45. The molecule has 0 radical (unpaired) electrons. The molecule has 0 saturated carbocycles. The summed E-state index contributed by atoms with van der Waals surface area (Å²) in [6, 6.07) is 6.59. The third-order valence-electron chi connectivity index (χ3n) is 4.45. The topological polar surface area (TPSA) is 50.8 Å². The molecule has 1 aromatic carbocycles. The zero-order valence-electron chi connectivity index (χ0n) is 14.1. The fraction of sp³-hybridized carbons (Fsp3) is 0.588. The van der Waals surface area contributed by atoms with Crippen LogP contribution in [0.4, 0.5) is 0 Å². The van der Waals surface area contributed by atoms with Gasteiger partial charge >= 0.3 is 0 Å². The molecule has 0 bridgehead atoms. The molecule has 2 atom stereocenters. The van der Waals surface area contributed by atoms with Gasteiger partial charge < -0.3 is 19.7 Å². The molecule has 1 N–H and O–H groups in total. The fourth-order valence-corrected chi connectivity index (χ4v) is 3.79. The van der Waals surface area contributed by atoms with Gasteiger partial charge in [0.15, 0.2) is 11.5 Å². The number of halogens is 1. The maximum absolute atomic E-state index is 12.4. The molecule has 0 spiro atoms. The van der Waals surface area contributed by atoms with Crippen molar-refractivity contribution in [3.63, 3.8) is 0 Å². The zero-order valence-corrected chi connectivity index (χ0v) is 15.8. The van der Waals surface area contributed by atoms with E-state index in [4.69, 9.17) is 9.47 Å². The van der Waals surface area contributed by atoms with Gasteiger partial charge in [0.25, 0.3) is 0 Å². The van der Waals surface area contributed by atoms with E-state index in [1.807, 2.05) is 23.1 Å². The predicted octanol–water partition coefficient (Wildman–Crippen LogP) is 2.57. The lowest BCUT2D eigenvalue weighted by Crippen LogP contribution is -2.57. The number of rotatable bonds is 4. The van der Waals surface area contributed by atoms with E-state index in [-0.39, 0.29) is 24.4 Å². The van der Waals surface area contributed by atoms with Crippen LogP contribution < -0.4 is 14.8 Å². The monoisotopic (exact) mass is 372 g/mol. The Balaban J connectivity index is 0.00000208. The Hall–Kier alpha value is -1.11. The van der Waals surface area contributed by atoms with Crippen LogP contribution in [-0.2, 0) is 4.79 Å². The van der Waals surface area contributed by atoms with Gasteiger partial charge in [-0.1, -0.05) is 0 Å². The van der Waals surface area contributed by atoms with Gasteiger partial charge in [-0.15, -0.1) is 24.2 Å². The lowest BCUT2D eigenvalue weighted by Gasteiger charge is -2.38. The second-order valence-corrected chi connectivity index (χ2v) is 7.14. The minimum Gasteiger partial charge on any atom is -0.486 e. The van der Waals surface area contributed by atoms with Crippen molar-refractivity contribution in [3.8, 4) is 11.5 Å². The Bertz CT molecular complexity index is 573. The number of carbonyl (C=O) groups excluding carboxylic acids is 1. The van der Waals surface area contributed by atoms with E-state index >= 15 is 0 Å². The fourth-order valence-electron chi connectivity index (χ4n) is 2.92. The summed E-state index contributed by atoms with van der Waals surface area (Å²) in [6.07, 6.45) is 0.566. The van der Waals surface area contributed by atoms with Crippen molar-refractivity contribution in [2.24, 2.45) is 0 Å². The normalized spacial score (nSPS) is 22.7. The van der Waals surface area contributed by atoms with Gasteiger partial charge in [-0.25, -0.2) is 0 Å². The van der Waals surface area contributed by atoms with E-state index in [2.05, 4.69) is 19.2 Å². The smallest absolute Gasteiger partial charge is 0.223 e. The largest absolute Gasteiger partial charge is 0.486 e. The summed E-state index contributed by atoms with van der Waals surface area (Å²) in [5, 5.41) is 3.40. The number of amides is 1. The Kier molecular flexibility index (Phi) is 7.07. The Morgan fingerprint density at radius 2 is 2.04 bits per heavy atom. The molecule has 0 aliphatic carbocycles. The summed E-state index contributed by atoms with van der Waals surface area (Å²) in [4.78, 5) is 15.5. The standard InChI is InChI=1S/C17H24N2O3S.ClH/c1-12-13(2)19(7-6-18-12)17(20)5-10-23-14-3-4-15-16(11-14)22-9-8-21-15;/h3-4,11-13,18H,5-10H2,1-2H3;1H. The van der Waals surface area contributed by atoms with E-state index < -0.39 is 0 Å². The van der Waals surface area contributed by atoms with E-state index in [0.29, 0.717) is 25.7 Å². The first kappa shape index (κ1) is 19.2. The molecule has 1 aromatic rings. The van der Waals surface area contributed by atoms with Crippen LogP contribution in [0.2, 0.25) is 0 Å². The van der Waals surface area contributed by atoms with Crippen LogP contribution >= 0.6 is 24.2 Å². The molecule has 134 valence electrons. The van der Waals surface area contributed by atoms with Crippen LogP contribution in [-0.4, -0.2) is 54.9 Å². The second kappa shape index (κ2) is 8.83. The highest BCUT2D eigenvalue weighted by Gasteiger charge is 2.27. The number of carbonyl (C=O) groups is 1. The second-order valence-electron chi connectivity index (χ2n) is 5.97. The average Bonchev–Trinajstić information content (AvgIpc) is 2.57. The Morgan fingerprint density at radius 3 is 2.83 bits per heavy atom. The molecule has 3 rings (SSSR count). The minimum absolute atomic E-state index is 0. The van der Waals surface area contributed by atoms with Gasteiger partial charge in [0.2, 0.25) is 5.91 Å². The number of fused-ring (bicyclic) bond motifs is 1. The molecule has 1 fully saturated rings. The first-order valence-electron chi connectivity index (χ1n) is 8.20. The van der Waals surface area contributed by atoms with Crippen LogP contribution in [0.15, 0.2) is 23.1 Å². The Morgan fingerprint density at radius 1 is 1.29 bits per heavy atom. The van der Waals surface area contributed by atoms with Crippen molar-refractivity contribution in [3.05, 3.63) is 18.2 Å². The summed E-state index contributed by atoms with van der Waals surface area (Å²) in [5.74, 6) is 2.64. The number of nitrogens with zero attached hydrogens (tertiary/aromatic N) is 1. The molecule has 7 heteroatoms. The average molecular weight is 373 g/mol. The maximum atomic E-state index is 12.4. The molecule has 2 heterocycles. The van der Waals surface area contributed by atoms with Gasteiger partial charge in [-0.2, -0.15) is 0 Å². The first-order valence-corrected chi connectivity index (χ1v) is 9.19. The quantitative estimate of drug-likeness (QED) is 0.823. The summed E-state index contributed by atoms with van der Waals surface area (Å²) in [6.45, 7) is 7.14. The minimum atomic E-state index is 0. The number of piperazine rings is 1. The van der Waals surface area contributed by atoms with Crippen LogP contribution in [0.5, 0.6) is 11.5 Å². The highest BCUT2D eigenvalue weighted by atomic mass is 35.5. The Labute approximate surface area is 153 Å². The van der Waals surface area contributed by atoms with Gasteiger partial charge in [0.1, 0.15) is 13.2 Å². The van der Waals surface area contributed by atoms with Gasteiger partial charge in [0.05, 0.1) is 0 Å². The van der Waals surface area contributed by atoms with Crippen molar-refractivity contribution in [2.75, 3.05) is 32.1 Å². The maximum Gasteiger partial charge on any atom is 0.223 e. The number of thioether (sulfide) groups is 1. The summed E-state index contributed by atoms with van der Waals surface area (Å²) in [5.41, 5.74) is 0. The van der Waals surface area contributed by atoms with Crippen molar-refractivity contribution >= 4 is 30.1 Å². The number of hydrogen-bond acceptors (Lipinski definition) is 5. The number of ether oxygens (including phenoxy) is 2. The lowest BCUT2D eigenvalue weighted by molar-refractivity contribution is -0.134. The molecule has 0 aromatic heterocycles. The highest BCUT2D eigenvalue weighted by Crippen LogP contribution is 2.34. The molecular formula is C17H25ClN2O3S. The van der Waals surface area contributed by atoms with E-state index in [1.54, 1.807) is 11.8 Å². The number of benzene rings is 1. The number of hydrogen-bond donors (Lipinski definition) is 1. The van der Waals surface area contributed by atoms with Crippen LogP contribution in [0.3, 0.4) is 0 Å². The van der Waals surface area contributed by atoms with Crippen molar-refractivity contribution in [1.29, 1.82) is 0 Å².